The number of nitrogens with zero attached hydrogens (tertiary/aromatic N) is 2. The molecule has 0 amide bonds. The molecule has 1 heterocycles. The summed E-state index contributed by atoms with van der Waals surface area (Å²) < 4.78 is 31.3. The third-order valence-electron chi connectivity index (χ3n) is 2.86. The van der Waals surface area contributed by atoms with E-state index < -0.39 is 16.1 Å². The zero-order valence-electron chi connectivity index (χ0n) is 10.1. The topological polar surface area (TPSA) is 105 Å². The first kappa shape index (κ1) is 13.8. The molecule has 2 rings (SSSR count). The standard InChI is InChI=1S/C11H15N3O4S/c12-11(13-15)10-8-14(6-7-18-10)19(16,17)9-4-2-1-3-5-9/h1-5,10,15H,6-8H2,(H2,12,13). The highest BCUT2D eigenvalue weighted by Gasteiger charge is 2.32. The highest BCUT2D eigenvalue weighted by atomic mass is 32.2. The predicted octanol–water partition coefficient (Wildman–Crippen LogP) is -0.178. The van der Waals surface area contributed by atoms with Gasteiger partial charge in [0.2, 0.25) is 10.0 Å². The van der Waals surface area contributed by atoms with Crippen molar-refractivity contribution in [3.05, 3.63) is 30.3 Å². The lowest BCUT2D eigenvalue weighted by molar-refractivity contribution is 0.0355. The Bertz CT molecular complexity index is 559. The maximum Gasteiger partial charge on any atom is 0.243 e. The van der Waals surface area contributed by atoms with Gasteiger partial charge in [0, 0.05) is 13.1 Å². The van der Waals surface area contributed by atoms with E-state index in [1.807, 2.05) is 0 Å². The lowest BCUT2D eigenvalue weighted by atomic mass is 10.3. The van der Waals surface area contributed by atoms with Gasteiger partial charge < -0.3 is 15.7 Å². The molecule has 1 aliphatic rings. The van der Waals surface area contributed by atoms with Crippen molar-refractivity contribution in [2.75, 3.05) is 19.7 Å². The second kappa shape index (κ2) is 5.55. The average Bonchev–Trinajstić information content (AvgIpc) is 2.47. The predicted molar refractivity (Wildman–Crippen MR) is 68.3 cm³/mol. The molecule has 1 unspecified atom stereocenters. The molecule has 0 spiro atoms. The van der Waals surface area contributed by atoms with E-state index in [0.29, 0.717) is 0 Å². The van der Waals surface area contributed by atoms with Gasteiger partial charge in [-0.25, -0.2) is 8.42 Å². The molecule has 0 saturated carbocycles. The maximum atomic E-state index is 12.4. The van der Waals surface area contributed by atoms with Gasteiger partial charge in [-0.2, -0.15) is 4.31 Å². The first-order chi connectivity index (χ1) is 9.05. The number of benzene rings is 1. The molecule has 3 N–H and O–H groups in total. The Morgan fingerprint density at radius 2 is 2.11 bits per heavy atom. The Balaban J connectivity index is 2.22. The van der Waals surface area contributed by atoms with Crippen LogP contribution in [0, 0.1) is 0 Å². The highest BCUT2D eigenvalue weighted by molar-refractivity contribution is 7.89. The summed E-state index contributed by atoms with van der Waals surface area (Å²) in [6, 6.07) is 8.13. The molecule has 0 radical (unpaired) electrons. The van der Waals surface area contributed by atoms with E-state index in [0.717, 1.165) is 0 Å². The van der Waals surface area contributed by atoms with Crippen molar-refractivity contribution in [3.8, 4) is 0 Å². The van der Waals surface area contributed by atoms with Crippen LogP contribution in [0.1, 0.15) is 0 Å². The van der Waals surface area contributed by atoms with Crippen molar-refractivity contribution < 1.29 is 18.4 Å². The van der Waals surface area contributed by atoms with Crippen molar-refractivity contribution in [2.24, 2.45) is 10.9 Å². The van der Waals surface area contributed by atoms with Gasteiger partial charge in [0.05, 0.1) is 11.5 Å². The molecule has 1 aromatic rings. The van der Waals surface area contributed by atoms with Gasteiger partial charge in [-0.1, -0.05) is 23.4 Å². The molecule has 104 valence electrons. The van der Waals surface area contributed by atoms with E-state index in [1.54, 1.807) is 18.2 Å². The Labute approximate surface area is 111 Å². The lowest BCUT2D eigenvalue weighted by Gasteiger charge is -2.31. The molecule has 0 bridgehead atoms. The zero-order chi connectivity index (χ0) is 13.9. The summed E-state index contributed by atoms with van der Waals surface area (Å²) in [4.78, 5) is 0.218. The van der Waals surface area contributed by atoms with Crippen molar-refractivity contribution in [3.63, 3.8) is 0 Å². The monoisotopic (exact) mass is 285 g/mol. The van der Waals surface area contributed by atoms with E-state index in [-0.39, 0.29) is 30.4 Å². The van der Waals surface area contributed by atoms with Gasteiger partial charge in [-0.05, 0) is 12.1 Å². The molecule has 1 aliphatic heterocycles. The van der Waals surface area contributed by atoms with Crippen LogP contribution in [0.4, 0.5) is 0 Å². The fraction of sp³-hybridized carbons (Fsp3) is 0.364. The minimum atomic E-state index is -3.58. The summed E-state index contributed by atoms with van der Waals surface area (Å²) in [7, 11) is -3.58. The number of oxime groups is 1. The van der Waals surface area contributed by atoms with Crippen LogP contribution in [0.15, 0.2) is 40.4 Å². The summed E-state index contributed by atoms with van der Waals surface area (Å²) in [5.41, 5.74) is 5.45. The molecule has 1 fully saturated rings. The fourth-order valence-electron chi connectivity index (χ4n) is 1.83. The number of amidine groups is 1. The highest BCUT2D eigenvalue weighted by Crippen LogP contribution is 2.18. The summed E-state index contributed by atoms with van der Waals surface area (Å²) in [5.74, 6) is -0.132. The molecule has 1 saturated heterocycles. The lowest BCUT2D eigenvalue weighted by Crippen LogP contribution is -2.50. The van der Waals surface area contributed by atoms with Crippen molar-refractivity contribution >= 4 is 15.9 Å². The second-order valence-electron chi connectivity index (χ2n) is 4.06. The van der Waals surface area contributed by atoms with Crippen LogP contribution in [0.5, 0.6) is 0 Å². The third-order valence-corrected chi connectivity index (χ3v) is 4.73. The van der Waals surface area contributed by atoms with Crippen LogP contribution < -0.4 is 5.73 Å². The van der Waals surface area contributed by atoms with E-state index in [9.17, 15) is 8.42 Å². The summed E-state index contributed by atoms with van der Waals surface area (Å²) in [6.45, 7) is 0.479. The zero-order valence-corrected chi connectivity index (χ0v) is 11.0. The molecule has 19 heavy (non-hydrogen) atoms. The number of nitrogens with two attached hydrogens (primary N) is 1. The van der Waals surface area contributed by atoms with Crippen molar-refractivity contribution in [1.82, 2.24) is 4.31 Å². The number of ether oxygens (including phenoxy) is 1. The number of hydrogen-bond acceptors (Lipinski definition) is 5. The van der Waals surface area contributed by atoms with Gasteiger partial charge in [0.15, 0.2) is 5.84 Å². The molecule has 0 aromatic heterocycles. The molecule has 8 heteroatoms. The van der Waals surface area contributed by atoms with E-state index in [4.69, 9.17) is 15.7 Å². The molecule has 7 nitrogen and oxygen atoms in total. The van der Waals surface area contributed by atoms with Crippen molar-refractivity contribution in [1.29, 1.82) is 0 Å². The minimum absolute atomic E-state index is 0.0348. The Hall–Kier alpha value is -1.64. The summed E-state index contributed by atoms with van der Waals surface area (Å²) >= 11 is 0. The normalized spacial score (nSPS) is 22.3. The summed E-state index contributed by atoms with van der Waals surface area (Å²) in [5, 5.41) is 11.5. The molecule has 0 aliphatic carbocycles. The Kier molecular flexibility index (Phi) is 4.03. The van der Waals surface area contributed by atoms with Crippen LogP contribution in [-0.2, 0) is 14.8 Å². The van der Waals surface area contributed by atoms with Crippen LogP contribution in [0.2, 0.25) is 0 Å². The van der Waals surface area contributed by atoms with Gasteiger partial charge in [0.1, 0.15) is 6.10 Å². The number of rotatable bonds is 3. The fourth-order valence-corrected chi connectivity index (χ4v) is 3.27. The van der Waals surface area contributed by atoms with Gasteiger partial charge >= 0.3 is 0 Å². The van der Waals surface area contributed by atoms with Crippen LogP contribution in [0.3, 0.4) is 0 Å². The number of hydrogen-bond donors (Lipinski definition) is 2. The third kappa shape index (κ3) is 2.86. The van der Waals surface area contributed by atoms with Crippen LogP contribution in [-0.4, -0.2) is 49.6 Å². The maximum absolute atomic E-state index is 12.4. The number of sulfonamides is 1. The van der Waals surface area contributed by atoms with Crippen LogP contribution in [0.25, 0.3) is 0 Å². The smallest absolute Gasteiger partial charge is 0.243 e. The molecule has 1 atom stereocenters. The molecule has 1 aromatic carbocycles. The Morgan fingerprint density at radius 3 is 2.74 bits per heavy atom. The number of morpholine rings is 1. The second-order valence-corrected chi connectivity index (χ2v) is 6.00. The van der Waals surface area contributed by atoms with Crippen LogP contribution >= 0.6 is 0 Å². The quantitative estimate of drug-likeness (QED) is 0.347. The van der Waals surface area contributed by atoms with Gasteiger partial charge in [-0.3, -0.25) is 0 Å². The molecular formula is C11H15N3O4S. The summed E-state index contributed by atoms with van der Waals surface area (Å²) in [6.07, 6.45) is -0.725. The minimum Gasteiger partial charge on any atom is -0.409 e. The van der Waals surface area contributed by atoms with E-state index in [2.05, 4.69) is 5.16 Å². The van der Waals surface area contributed by atoms with E-state index in [1.165, 1.54) is 16.4 Å². The van der Waals surface area contributed by atoms with Crippen molar-refractivity contribution in [2.45, 2.75) is 11.0 Å². The largest absolute Gasteiger partial charge is 0.409 e. The van der Waals surface area contributed by atoms with Gasteiger partial charge in [-0.15, -0.1) is 0 Å². The average molecular weight is 285 g/mol. The van der Waals surface area contributed by atoms with Gasteiger partial charge in [0.25, 0.3) is 0 Å². The first-order valence-electron chi connectivity index (χ1n) is 5.70. The Morgan fingerprint density at radius 1 is 1.42 bits per heavy atom. The first-order valence-corrected chi connectivity index (χ1v) is 7.14. The SMILES string of the molecule is NC(=NO)C1CN(S(=O)(=O)c2ccccc2)CCO1. The van der Waals surface area contributed by atoms with E-state index >= 15 is 0 Å². The molecular weight excluding hydrogens is 270 g/mol.